The van der Waals surface area contributed by atoms with Crippen LogP contribution in [0, 0.1) is 0 Å². The summed E-state index contributed by atoms with van der Waals surface area (Å²) in [7, 11) is 0. The molecule has 2 atom stereocenters. The number of nitrogens with one attached hydrogen (secondary N) is 1. The number of fused-ring (bicyclic) bond motifs is 2. The minimum absolute atomic E-state index is 0.0496. The lowest BCUT2D eigenvalue weighted by molar-refractivity contribution is -0.126. The molecule has 0 aromatic heterocycles. The van der Waals surface area contributed by atoms with Gasteiger partial charge in [0, 0.05) is 25.3 Å². The van der Waals surface area contributed by atoms with Gasteiger partial charge < -0.3 is 24.4 Å². The van der Waals surface area contributed by atoms with Gasteiger partial charge in [0.25, 0.3) is 5.91 Å². The minimum Gasteiger partial charge on any atom is -0.454 e. The molecule has 0 unspecified atom stereocenters. The van der Waals surface area contributed by atoms with Crippen LogP contribution in [0.2, 0.25) is 0 Å². The maximum atomic E-state index is 13.1. The van der Waals surface area contributed by atoms with Gasteiger partial charge in [-0.25, -0.2) is 0 Å². The van der Waals surface area contributed by atoms with Crippen LogP contribution in [-0.2, 0) is 16.1 Å². The standard InChI is InChI=1S/C22H22N2O5/c25-21(23-11-15-4-3-9-27-15)20-16-5-1-2-6-17(16)22(26)24(20)12-14-7-8-18-19(10-14)29-13-28-18/h1-2,5-8,10,15,20H,3-4,9,11-13H2,(H,23,25)/t15-,20-/m0/s1. The number of rotatable bonds is 5. The van der Waals surface area contributed by atoms with E-state index >= 15 is 0 Å². The van der Waals surface area contributed by atoms with E-state index in [-0.39, 0.29) is 24.7 Å². The van der Waals surface area contributed by atoms with Gasteiger partial charge in [-0.3, -0.25) is 9.59 Å². The number of hydrogen-bond acceptors (Lipinski definition) is 5. The monoisotopic (exact) mass is 394 g/mol. The molecule has 0 saturated carbocycles. The molecule has 3 heterocycles. The highest BCUT2D eigenvalue weighted by atomic mass is 16.7. The Morgan fingerprint density at radius 2 is 2.00 bits per heavy atom. The smallest absolute Gasteiger partial charge is 0.255 e. The highest BCUT2D eigenvalue weighted by Gasteiger charge is 2.41. The molecule has 150 valence electrons. The van der Waals surface area contributed by atoms with Crippen LogP contribution in [0.25, 0.3) is 0 Å². The minimum atomic E-state index is -0.662. The molecule has 3 aliphatic heterocycles. The van der Waals surface area contributed by atoms with Crippen molar-refractivity contribution in [3.63, 3.8) is 0 Å². The number of carbonyl (C=O) groups excluding carboxylic acids is 2. The Labute approximate surface area is 168 Å². The molecule has 0 radical (unpaired) electrons. The Hall–Kier alpha value is -3.06. The van der Waals surface area contributed by atoms with Crippen molar-refractivity contribution in [3.8, 4) is 11.5 Å². The van der Waals surface area contributed by atoms with Crippen LogP contribution < -0.4 is 14.8 Å². The van der Waals surface area contributed by atoms with Gasteiger partial charge in [-0.1, -0.05) is 24.3 Å². The van der Waals surface area contributed by atoms with Gasteiger partial charge in [0.1, 0.15) is 6.04 Å². The third-order valence-electron chi connectivity index (χ3n) is 5.62. The summed E-state index contributed by atoms with van der Waals surface area (Å²) in [6.07, 6.45) is 2.01. The summed E-state index contributed by atoms with van der Waals surface area (Å²) in [6.45, 7) is 1.70. The molecule has 29 heavy (non-hydrogen) atoms. The van der Waals surface area contributed by atoms with Crippen LogP contribution >= 0.6 is 0 Å². The molecule has 0 spiro atoms. The summed E-state index contributed by atoms with van der Waals surface area (Å²) in [4.78, 5) is 27.8. The van der Waals surface area contributed by atoms with E-state index in [1.165, 1.54) is 0 Å². The molecule has 3 aliphatic rings. The Morgan fingerprint density at radius 3 is 2.86 bits per heavy atom. The molecule has 0 bridgehead atoms. The van der Waals surface area contributed by atoms with E-state index in [0.29, 0.717) is 30.2 Å². The van der Waals surface area contributed by atoms with Crippen LogP contribution in [0.4, 0.5) is 0 Å². The molecular weight excluding hydrogens is 372 g/mol. The van der Waals surface area contributed by atoms with Gasteiger partial charge in [-0.2, -0.15) is 0 Å². The van der Waals surface area contributed by atoms with Crippen molar-refractivity contribution in [2.24, 2.45) is 0 Å². The number of ether oxygens (including phenoxy) is 3. The van der Waals surface area contributed by atoms with Crippen molar-refractivity contribution in [2.45, 2.75) is 31.5 Å². The molecular formula is C22H22N2O5. The first-order valence-electron chi connectivity index (χ1n) is 9.88. The number of hydrogen-bond donors (Lipinski definition) is 1. The molecule has 1 saturated heterocycles. The summed E-state index contributed by atoms with van der Waals surface area (Å²) < 4.78 is 16.4. The van der Waals surface area contributed by atoms with E-state index in [2.05, 4.69) is 5.32 Å². The maximum absolute atomic E-state index is 13.1. The Kier molecular flexibility index (Phi) is 4.60. The lowest BCUT2D eigenvalue weighted by atomic mass is 10.0. The van der Waals surface area contributed by atoms with Crippen LogP contribution in [0.15, 0.2) is 42.5 Å². The van der Waals surface area contributed by atoms with Gasteiger partial charge in [0.2, 0.25) is 12.7 Å². The van der Waals surface area contributed by atoms with Crippen molar-refractivity contribution in [1.82, 2.24) is 10.2 Å². The Bertz CT molecular complexity index is 954. The third-order valence-corrected chi connectivity index (χ3v) is 5.62. The predicted octanol–water partition coefficient (Wildman–Crippen LogP) is 2.41. The largest absolute Gasteiger partial charge is 0.454 e. The van der Waals surface area contributed by atoms with E-state index in [4.69, 9.17) is 14.2 Å². The molecule has 2 aromatic carbocycles. The normalized spacial score (nSPS) is 22.1. The second kappa shape index (κ2) is 7.40. The molecule has 7 heteroatoms. The first kappa shape index (κ1) is 18.0. The van der Waals surface area contributed by atoms with Gasteiger partial charge in [-0.15, -0.1) is 0 Å². The summed E-state index contributed by atoms with van der Waals surface area (Å²) in [5, 5.41) is 2.98. The van der Waals surface area contributed by atoms with E-state index in [1.54, 1.807) is 11.0 Å². The van der Waals surface area contributed by atoms with E-state index in [9.17, 15) is 9.59 Å². The first-order chi connectivity index (χ1) is 14.2. The number of carbonyl (C=O) groups is 2. The molecule has 5 rings (SSSR count). The number of nitrogens with zero attached hydrogens (tertiary/aromatic N) is 1. The van der Waals surface area contributed by atoms with Crippen LogP contribution in [0.3, 0.4) is 0 Å². The predicted molar refractivity (Wildman–Crippen MR) is 104 cm³/mol. The summed E-state index contributed by atoms with van der Waals surface area (Å²) in [6, 6.07) is 12.2. The lowest BCUT2D eigenvalue weighted by Crippen LogP contribution is -2.41. The molecule has 2 amide bonds. The van der Waals surface area contributed by atoms with E-state index in [1.807, 2.05) is 36.4 Å². The van der Waals surface area contributed by atoms with Crippen molar-refractivity contribution < 1.29 is 23.8 Å². The van der Waals surface area contributed by atoms with E-state index in [0.717, 1.165) is 30.6 Å². The second-order valence-corrected chi connectivity index (χ2v) is 7.49. The second-order valence-electron chi connectivity index (χ2n) is 7.49. The molecule has 1 N–H and O–H groups in total. The number of benzene rings is 2. The summed E-state index contributed by atoms with van der Waals surface area (Å²) >= 11 is 0. The Morgan fingerprint density at radius 1 is 1.14 bits per heavy atom. The lowest BCUT2D eigenvalue weighted by Gasteiger charge is -2.25. The third kappa shape index (κ3) is 3.31. The van der Waals surface area contributed by atoms with Crippen LogP contribution in [0.5, 0.6) is 11.5 Å². The van der Waals surface area contributed by atoms with Crippen molar-refractivity contribution in [1.29, 1.82) is 0 Å². The van der Waals surface area contributed by atoms with Crippen LogP contribution in [0.1, 0.15) is 40.4 Å². The molecule has 2 aromatic rings. The fourth-order valence-corrected chi connectivity index (χ4v) is 4.17. The summed E-state index contributed by atoms with van der Waals surface area (Å²) in [5.41, 5.74) is 2.20. The zero-order valence-electron chi connectivity index (χ0n) is 15.9. The SMILES string of the molecule is O=C(NC[C@@H]1CCCO1)[C@@H]1c2ccccc2C(=O)N1Cc1ccc2c(c1)OCO2. The number of amides is 2. The highest BCUT2D eigenvalue weighted by molar-refractivity contribution is 6.04. The fourth-order valence-electron chi connectivity index (χ4n) is 4.17. The van der Waals surface area contributed by atoms with Crippen molar-refractivity contribution >= 4 is 11.8 Å². The molecule has 1 fully saturated rings. The van der Waals surface area contributed by atoms with Gasteiger partial charge in [-0.05, 0) is 42.2 Å². The molecule has 0 aliphatic carbocycles. The fraction of sp³-hybridized carbons (Fsp3) is 0.364. The van der Waals surface area contributed by atoms with Gasteiger partial charge >= 0.3 is 0 Å². The Balaban J connectivity index is 1.39. The zero-order chi connectivity index (χ0) is 19.8. The van der Waals surface area contributed by atoms with Crippen LogP contribution in [-0.4, -0.2) is 42.8 Å². The first-order valence-corrected chi connectivity index (χ1v) is 9.88. The van der Waals surface area contributed by atoms with Crippen molar-refractivity contribution in [3.05, 3.63) is 59.2 Å². The average Bonchev–Trinajstić information content (AvgIpc) is 3.47. The average molecular weight is 394 g/mol. The highest BCUT2D eigenvalue weighted by Crippen LogP contribution is 2.37. The quantitative estimate of drug-likeness (QED) is 0.843. The van der Waals surface area contributed by atoms with Gasteiger partial charge in [0.15, 0.2) is 11.5 Å². The topological polar surface area (TPSA) is 77.1 Å². The van der Waals surface area contributed by atoms with Crippen molar-refractivity contribution in [2.75, 3.05) is 19.9 Å². The zero-order valence-corrected chi connectivity index (χ0v) is 15.9. The molecule has 7 nitrogen and oxygen atoms in total. The summed E-state index contributed by atoms with van der Waals surface area (Å²) in [5.74, 6) is 1.02. The van der Waals surface area contributed by atoms with E-state index < -0.39 is 6.04 Å². The maximum Gasteiger partial charge on any atom is 0.255 e. The van der Waals surface area contributed by atoms with Gasteiger partial charge in [0.05, 0.1) is 6.10 Å².